The lowest BCUT2D eigenvalue weighted by atomic mass is 10.2. The number of hydrogen-bond donors (Lipinski definition) is 1. The fourth-order valence-electron chi connectivity index (χ4n) is 1.53. The quantitative estimate of drug-likeness (QED) is 0.878. The summed E-state index contributed by atoms with van der Waals surface area (Å²) in [6, 6.07) is 5.12. The first-order valence-corrected chi connectivity index (χ1v) is 5.78. The highest BCUT2D eigenvalue weighted by Crippen LogP contribution is 2.28. The van der Waals surface area contributed by atoms with Crippen molar-refractivity contribution in [1.82, 2.24) is 15.3 Å². The van der Waals surface area contributed by atoms with Crippen molar-refractivity contribution < 1.29 is 17.6 Å². The summed E-state index contributed by atoms with van der Waals surface area (Å²) in [5.74, 6) is -0.418. The lowest BCUT2D eigenvalue weighted by Crippen LogP contribution is -2.15. The van der Waals surface area contributed by atoms with Gasteiger partial charge in [-0.3, -0.25) is 9.97 Å². The molecule has 2 heterocycles. The van der Waals surface area contributed by atoms with Crippen LogP contribution >= 0.6 is 0 Å². The van der Waals surface area contributed by atoms with Crippen LogP contribution in [0, 0.1) is 5.82 Å². The van der Waals surface area contributed by atoms with Gasteiger partial charge < -0.3 is 5.32 Å². The number of nitrogens with one attached hydrogen (secondary N) is 1. The molecule has 20 heavy (non-hydrogen) atoms. The Morgan fingerprint density at radius 1 is 0.900 bits per heavy atom. The molecule has 0 bridgehead atoms. The molecule has 0 saturated heterocycles. The van der Waals surface area contributed by atoms with Gasteiger partial charge in [0.2, 0.25) is 0 Å². The summed E-state index contributed by atoms with van der Waals surface area (Å²) in [4.78, 5) is 7.58. The topological polar surface area (TPSA) is 37.8 Å². The van der Waals surface area contributed by atoms with Crippen LogP contribution in [-0.4, -0.2) is 9.97 Å². The summed E-state index contributed by atoms with van der Waals surface area (Å²) in [6.07, 6.45) is -2.47. The third kappa shape index (κ3) is 3.99. The Bertz CT molecular complexity index is 549. The number of aromatic nitrogens is 2. The number of pyridine rings is 2. The van der Waals surface area contributed by atoms with Gasteiger partial charge in [0.25, 0.3) is 0 Å². The predicted octanol–water partition coefficient (Wildman–Crippen LogP) is 2.92. The first kappa shape index (κ1) is 14.4. The van der Waals surface area contributed by atoms with E-state index in [0.717, 1.165) is 18.5 Å². The van der Waals surface area contributed by atoms with Crippen LogP contribution in [0.4, 0.5) is 17.6 Å². The van der Waals surface area contributed by atoms with Crippen LogP contribution in [0.3, 0.4) is 0 Å². The van der Waals surface area contributed by atoms with Gasteiger partial charge >= 0.3 is 6.18 Å². The standard InChI is InChI=1S/C13H11F4N3/c14-10-2-4-12(20-6-10)8-18-7-11-3-1-9(5-19-11)13(15,16)17/h1-6,18H,7-8H2. The maximum absolute atomic E-state index is 12.6. The number of hydrogen-bond acceptors (Lipinski definition) is 3. The molecule has 0 aromatic carbocycles. The maximum atomic E-state index is 12.6. The van der Waals surface area contributed by atoms with E-state index in [1.54, 1.807) is 0 Å². The number of nitrogens with zero attached hydrogens (tertiary/aromatic N) is 2. The molecule has 1 N–H and O–H groups in total. The van der Waals surface area contributed by atoms with Crippen LogP contribution in [0.5, 0.6) is 0 Å². The zero-order valence-electron chi connectivity index (χ0n) is 10.3. The predicted molar refractivity (Wildman–Crippen MR) is 64.0 cm³/mol. The zero-order valence-corrected chi connectivity index (χ0v) is 10.3. The zero-order chi connectivity index (χ0) is 14.6. The van der Waals surface area contributed by atoms with E-state index in [1.807, 2.05) is 0 Å². The molecule has 0 radical (unpaired) electrons. The number of alkyl halides is 3. The Morgan fingerprint density at radius 2 is 1.50 bits per heavy atom. The fraction of sp³-hybridized carbons (Fsp3) is 0.231. The van der Waals surface area contributed by atoms with Gasteiger partial charge in [-0.1, -0.05) is 0 Å². The Morgan fingerprint density at radius 3 is 1.95 bits per heavy atom. The summed E-state index contributed by atoms with van der Waals surface area (Å²) >= 11 is 0. The van der Waals surface area contributed by atoms with Gasteiger partial charge in [-0.05, 0) is 24.3 Å². The Hall–Kier alpha value is -2.02. The highest BCUT2D eigenvalue weighted by molar-refractivity contribution is 5.17. The van der Waals surface area contributed by atoms with Crippen LogP contribution in [0.15, 0.2) is 36.7 Å². The van der Waals surface area contributed by atoms with E-state index >= 15 is 0 Å². The third-order valence-electron chi connectivity index (χ3n) is 2.55. The molecule has 0 aliphatic rings. The Labute approximate surface area is 112 Å². The minimum atomic E-state index is -4.38. The number of rotatable bonds is 4. The highest BCUT2D eigenvalue weighted by Gasteiger charge is 2.30. The summed E-state index contributed by atoms with van der Waals surface area (Å²) in [5, 5.41) is 2.97. The van der Waals surface area contributed by atoms with Crippen LogP contribution < -0.4 is 5.32 Å². The van der Waals surface area contributed by atoms with Crippen LogP contribution in [0.1, 0.15) is 17.0 Å². The summed E-state index contributed by atoms with van der Waals surface area (Å²) in [7, 11) is 0. The van der Waals surface area contributed by atoms with Crippen molar-refractivity contribution in [3.05, 3.63) is 59.4 Å². The molecular weight excluding hydrogens is 274 g/mol. The van der Waals surface area contributed by atoms with E-state index in [4.69, 9.17) is 0 Å². The van der Waals surface area contributed by atoms with Crippen LogP contribution in [-0.2, 0) is 19.3 Å². The van der Waals surface area contributed by atoms with Crippen LogP contribution in [0.25, 0.3) is 0 Å². The third-order valence-corrected chi connectivity index (χ3v) is 2.55. The van der Waals surface area contributed by atoms with Crippen molar-refractivity contribution in [1.29, 1.82) is 0 Å². The summed E-state index contributed by atoms with van der Waals surface area (Å²) in [5.41, 5.74) is 0.347. The molecule has 0 aliphatic heterocycles. The molecule has 7 heteroatoms. The lowest BCUT2D eigenvalue weighted by Gasteiger charge is -2.07. The molecule has 2 aromatic heterocycles. The second-order valence-corrected chi connectivity index (χ2v) is 4.11. The molecule has 0 unspecified atom stereocenters. The second kappa shape index (κ2) is 5.96. The fourth-order valence-corrected chi connectivity index (χ4v) is 1.53. The molecule has 0 fully saturated rings. The Kier molecular flexibility index (Phi) is 4.29. The van der Waals surface area contributed by atoms with Gasteiger partial charge in [0.15, 0.2) is 0 Å². The molecule has 0 aliphatic carbocycles. The van der Waals surface area contributed by atoms with Gasteiger partial charge in [0, 0.05) is 19.3 Å². The maximum Gasteiger partial charge on any atom is 0.417 e. The van der Waals surface area contributed by atoms with E-state index in [0.29, 0.717) is 24.5 Å². The molecule has 2 rings (SSSR count). The summed E-state index contributed by atoms with van der Waals surface area (Å²) < 4.78 is 49.6. The average molecular weight is 285 g/mol. The van der Waals surface area contributed by atoms with E-state index in [2.05, 4.69) is 15.3 Å². The highest BCUT2D eigenvalue weighted by atomic mass is 19.4. The van der Waals surface area contributed by atoms with Crippen molar-refractivity contribution in [2.24, 2.45) is 0 Å². The molecular formula is C13H11F4N3. The van der Waals surface area contributed by atoms with Crippen LogP contribution in [0.2, 0.25) is 0 Å². The molecule has 0 atom stereocenters. The molecule has 0 saturated carbocycles. The normalized spacial score (nSPS) is 11.6. The largest absolute Gasteiger partial charge is 0.417 e. The average Bonchev–Trinajstić information content (AvgIpc) is 2.41. The smallest absolute Gasteiger partial charge is 0.306 e. The minimum Gasteiger partial charge on any atom is -0.306 e. The Balaban J connectivity index is 1.87. The summed E-state index contributed by atoms with van der Waals surface area (Å²) in [6.45, 7) is 0.681. The van der Waals surface area contributed by atoms with Crippen molar-refractivity contribution in [3.8, 4) is 0 Å². The first-order valence-electron chi connectivity index (χ1n) is 5.78. The lowest BCUT2D eigenvalue weighted by molar-refractivity contribution is -0.137. The van der Waals surface area contributed by atoms with E-state index in [-0.39, 0.29) is 0 Å². The van der Waals surface area contributed by atoms with Gasteiger partial charge in [-0.2, -0.15) is 13.2 Å². The molecule has 0 amide bonds. The van der Waals surface area contributed by atoms with E-state index in [1.165, 1.54) is 18.2 Å². The van der Waals surface area contributed by atoms with E-state index in [9.17, 15) is 17.6 Å². The van der Waals surface area contributed by atoms with Crippen molar-refractivity contribution in [3.63, 3.8) is 0 Å². The molecule has 2 aromatic rings. The van der Waals surface area contributed by atoms with Gasteiger partial charge in [-0.25, -0.2) is 4.39 Å². The minimum absolute atomic E-state index is 0.303. The van der Waals surface area contributed by atoms with E-state index < -0.39 is 17.6 Å². The van der Waals surface area contributed by atoms with Crippen molar-refractivity contribution in [2.45, 2.75) is 19.3 Å². The van der Waals surface area contributed by atoms with Crippen molar-refractivity contribution in [2.75, 3.05) is 0 Å². The first-order chi connectivity index (χ1) is 9.45. The van der Waals surface area contributed by atoms with Gasteiger partial charge in [0.05, 0.1) is 23.1 Å². The van der Waals surface area contributed by atoms with Gasteiger partial charge in [-0.15, -0.1) is 0 Å². The molecule has 3 nitrogen and oxygen atoms in total. The molecule has 0 spiro atoms. The SMILES string of the molecule is Fc1ccc(CNCc2ccc(C(F)(F)F)cn2)nc1. The second-order valence-electron chi connectivity index (χ2n) is 4.11. The monoisotopic (exact) mass is 285 g/mol. The van der Waals surface area contributed by atoms with Gasteiger partial charge in [0.1, 0.15) is 5.82 Å². The van der Waals surface area contributed by atoms with Crippen molar-refractivity contribution >= 4 is 0 Å². The molecule has 106 valence electrons. The number of halogens is 4.